The van der Waals surface area contributed by atoms with Crippen molar-refractivity contribution in [3.8, 4) is 0 Å². The van der Waals surface area contributed by atoms with E-state index in [2.05, 4.69) is 20.0 Å². The second kappa shape index (κ2) is 14.3. The Kier molecular flexibility index (Phi) is 11.9. The third-order valence-corrected chi connectivity index (χ3v) is 4.02. The van der Waals surface area contributed by atoms with Crippen molar-refractivity contribution >= 4 is 18.0 Å². The average Bonchev–Trinajstić information content (AvgIpc) is 3.14. The number of unbranched alkanes of at least 4 members (excludes halogenated alkanes) is 8. The first-order chi connectivity index (χ1) is 12.2. The van der Waals surface area contributed by atoms with Crippen LogP contribution in [0.4, 0.5) is 0 Å². The summed E-state index contributed by atoms with van der Waals surface area (Å²) in [6.07, 6.45) is 17.4. The topological polar surface area (TPSA) is 84.1 Å². The minimum absolute atomic E-state index is 0.0680. The van der Waals surface area contributed by atoms with Crippen molar-refractivity contribution in [2.24, 2.45) is 0 Å². The largest absolute Gasteiger partial charge is 0.469 e. The third kappa shape index (κ3) is 12.0. The van der Waals surface area contributed by atoms with Gasteiger partial charge in [0.25, 0.3) is 0 Å². The number of H-pyrrole nitrogens is 1. The molecule has 2 N–H and O–H groups in total. The van der Waals surface area contributed by atoms with Crippen molar-refractivity contribution in [2.75, 3.05) is 13.7 Å². The van der Waals surface area contributed by atoms with Crippen molar-refractivity contribution in [3.63, 3.8) is 0 Å². The van der Waals surface area contributed by atoms with E-state index in [9.17, 15) is 9.59 Å². The van der Waals surface area contributed by atoms with Crippen LogP contribution in [-0.2, 0) is 14.3 Å². The fraction of sp³-hybridized carbons (Fsp3) is 0.632. The normalized spacial score (nSPS) is 10.9. The van der Waals surface area contributed by atoms with Crippen LogP contribution in [0.3, 0.4) is 0 Å². The number of esters is 1. The molecular weight excluding hydrogens is 318 g/mol. The standard InChI is InChI=1S/C19H31N3O3/c1-25-19(24)11-9-7-5-3-2-4-6-8-10-14-21-18(23)13-12-17-15-20-16-22-17/h12-13,15-16H,2-11,14H2,1H3,(H,20,22)(H,21,23)/b13-12+. The number of imidazole rings is 1. The number of hydrogen-bond donors (Lipinski definition) is 2. The lowest BCUT2D eigenvalue weighted by Gasteiger charge is -2.03. The van der Waals surface area contributed by atoms with E-state index in [-0.39, 0.29) is 11.9 Å². The summed E-state index contributed by atoms with van der Waals surface area (Å²) in [5.41, 5.74) is 0.820. The maximum atomic E-state index is 11.6. The van der Waals surface area contributed by atoms with Gasteiger partial charge in [-0.05, 0) is 18.9 Å². The Morgan fingerprint density at radius 2 is 1.72 bits per heavy atom. The fourth-order valence-electron chi connectivity index (χ4n) is 2.53. The van der Waals surface area contributed by atoms with E-state index in [1.165, 1.54) is 45.3 Å². The van der Waals surface area contributed by atoms with Crippen LogP contribution in [-0.4, -0.2) is 35.5 Å². The molecule has 1 rings (SSSR count). The number of nitrogens with zero attached hydrogens (tertiary/aromatic N) is 1. The lowest BCUT2D eigenvalue weighted by Crippen LogP contribution is -2.21. The molecule has 1 aromatic rings. The molecule has 0 bridgehead atoms. The van der Waals surface area contributed by atoms with Gasteiger partial charge in [0.05, 0.1) is 25.3 Å². The fourth-order valence-corrected chi connectivity index (χ4v) is 2.53. The Labute approximate surface area is 150 Å². The lowest BCUT2D eigenvalue weighted by atomic mass is 10.1. The number of amides is 1. The Hall–Kier alpha value is -2.11. The van der Waals surface area contributed by atoms with Gasteiger partial charge in [0.15, 0.2) is 0 Å². The maximum Gasteiger partial charge on any atom is 0.305 e. The van der Waals surface area contributed by atoms with Crippen molar-refractivity contribution in [3.05, 3.63) is 24.3 Å². The van der Waals surface area contributed by atoms with Crippen LogP contribution in [0.1, 0.15) is 69.9 Å². The van der Waals surface area contributed by atoms with Gasteiger partial charge in [0.2, 0.25) is 5.91 Å². The molecule has 1 aromatic heterocycles. The maximum absolute atomic E-state index is 11.6. The molecule has 0 spiro atoms. The van der Waals surface area contributed by atoms with E-state index in [0.717, 1.165) is 37.9 Å². The van der Waals surface area contributed by atoms with Gasteiger partial charge < -0.3 is 15.0 Å². The van der Waals surface area contributed by atoms with E-state index in [4.69, 9.17) is 0 Å². The van der Waals surface area contributed by atoms with E-state index in [0.29, 0.717) is 6.42 Å². The molecule has 0 aliphatic heterocycles. The lowest BCUT2D eigenvalue weighted by molar-refractivity contribution is -0.140. The molecule has 6 heteroatoms. The van der Waals surface area contributed by atoms with Gasteiger partial charge >= 0.3 is 5.97 Å². The van der Waals surface area contributed by atoms with Gasteiger partial charge in [0, 0.05) is 19.0 Å². The summed E-state index contributed by atoms with van der Waals surface area (Å²) < 4.78 is 4.61. The summed E-state index contributed by atoms with van der Waals surface area (Å²) in [7, 11) is 1.44. The molecule has 0 fully saturated rings. The summed E-state index contributed by atoms with van der Waals surface area (Å²) in [4.78, 5) is 29.3. The SMILES string of the molecule is COC(=O)CCCCCCCCCCCNC(=O)/C=C/c1cnc[nH]1. The summed E-state index contributed by atoms with van der Waals surface area (Å²) >= 11 is 0. The van der Waals surface area contributed by atoms with Gasteiger partial charge in [-0.15, -0.1) is 0 Å². The summed E-state index contributed by atoms with van der Waals surface area (Å²) in [5.74, 6) is -0.176. The minimum atomic E-state index is -0.108. The van der Waals surface area contributed by atoms with Crippen molar-refractivity contribution < 1.29 is 14.3 Å². The molecule has 0 aliphatic carbocycles. The number of methoxy groups -OCH3 is 1. The first kappa shape index (κ1) is 20.9. The highest BCUT2D eigenvalue weighted by atomic mass is 16.5. The molecular formula is C19H31N3O3. The van der Waals surface area contributed by atoms with Crippen LogP contribution >= 0.6 is 0 Å². The zero-order chi connectivity index (χ0) is 18.2. The molecule has 0 aliphatic rings. The van der Waals surface area contributed by atoms with Crippen LogP contribution in [0.5, 0.6) is 0 Å². The number of hydrogen-bond acceptors (Lipinski definition) is 4. The van der Waals surface area contributed by atoms with Crippen LogP contribution in [0.15, 0.2) is 18.6 Å². The molecule has 0 saturated heterocycles. The molecule has 25 heavy (non-hydrogen) atoms. The molecule has 0 saturated carbocycles. The average molecular weight is 349 g/mol. The van der Waals surface area contributed by atoms with Crippen LogP contribution in [0, 0.1) is 0 Å². The van der Waals surface area contributed by atoms with E-state index in [1.54, 1.807) is 18.6 Å². The predicted molar refractivity (Wildman–Crippen MR) is 98.8 cm³/mol. The summed E-state index contributed by atoms with van der Waals surface area (Å²) in [6.45, 7) is 0.722. The van der Waals surface area contributed by atoms with Gasteiger partial charge in [-0.25, -0.2) is 4.98 Å². The van der Waals surface area contributed by atoms with Gasteiger partial charge in [-0.2, -0.15) is 0 Å². The molecule has 0 aromatic carbocycles. The summed E-state index contributed by atoms with van der Waals surface area (Å²) in [6, 6.07) is 0. The minimum Gasteiger partial charge on any atom is -0.469 e. The Balaban J connectivity index is 1.82. The molecule has 0 unspecified atom stereocenters. The summed E-state index contributed by atoms with van der Waals surface area (Å²) in [5, 5.41) is 2.89. The van der Waals surface area contributed by atoms with Gasteiger partial charge in [-0.3, -0.25) is 9.59 Å². The second-order valence-corrected chi connectivity index (χ2v) is 6.14. The highest BCUT2D eigenvalue weighted by molar-refractivity contribution is 5.91. The van der Waals surface area contributed by atoms with Crippen molar-refractivity contribution in [1.29, 1.82) is 0 Å². The highest BCUT2D eigenvalue weighted by Gasteiger charge is 1.99. The first-order valence-corrected chi connectivity index (χ1v) is 9.23. The number of aromatic amines is 1. The zero-order valence-corrected chi connectivity index (χ0v) is 15.3. The molecule has 1 amide bonds. The van der Waals surface area contributed by atoms with Gasteiger partial charge in [0.1, 0.15) is 0 Å². The van der Waals surface area contributed by atoms with Gasteiger partial charge in [-0.1, -0.05) is 44.9 Å². The number of carbonyl (C=O) groups is 2. The van der Waals surface area contributed by atoms with Crippen LogP contribution in [0.2, 0.25) is 0 Å². The Morgan fingerprint density at radius 1 is 1.08 bits per heavy atom. The molecule has 6 nitrogen and oxygen atoms in total. The monoisotopic (exact) mass is 349 g/mol. The first-order valence-electron chi connectivity index (χ1n) is 9.23. The molecule has 0 radical (unpaired) electrons. The smallest absolute Gasteiger partial charge is 0.305 e. The second-order valence-electron chi connectivity index (χ2n) is 6.14. The Morgan fingerprint density at radius 3 is 2.32 bits per heavy atom. The van der Waals surface area contributed by atoms with E-state index >= 15 is 0 Å². The zero-order valence-electron chi connectivity index (χ0n) is 15.3. The van der Waals surface area contributed by atoms with E-state index < -0.39 is 0 Å². The van der Waals surface area contributed by atoms with E-state index in [1.807, 2.05) is 0 Å². The third-order valence-electron chi connectivity index (χ3n) is 4.02. The van der Waals surface area contributed by atoms with Crippen LogP contribution < -0.4 is 5.32 Å². The number of carbonyl (C=O) groups excluding carboxylic acids is 2. The number of nitrogens with one attached hydrogen (secondary N) is 2. The molecule has 0 atom stereocenters. The number of rotatable bonds is 14. The number of ether oxygens (including phenoxy) is 1. The Bertz CT molecular complexity index is 498. The van der Waals surface area contributed by atoms with Crippen molar-refractivity contribution in [2.45, 2.75) is 64.2 Å². The molecule has 1 heterocycles. The van der Waals surface area contributed by atoms with Crippen molar-refractivity contribution in [1.82, 2.24) is 15.3 Å². The van der Waals surface area contributed by atoms with Crippen LogP contribution in [0.25, 0.3) is 6.08 Å². The predicted octanol–water partition coefficient (Wildman–Crippen LogP) is 3.61. The quantitative estimate of drug-likeness (QED) is 0.305. The molecule has 140 valence electrons. The highest BCUT2D eigenvalue weighted by Crippen LogP contribution is 2.10. The number of aromatic nitrogens is 2.